The van der Waals surface area contributed by atoms with E-state index in [0.717, 1.165) is 19.4 Å². The number of carbonyl (C=O) groups excluding carboxylic acids is 1. The van der Waals surface area contributed by atoms with Gasteiger partial charge in [0.1, 0.15) is 11.5 Å². The molecule has 116 valence electrons. The monoisotopic (exact) mass is 292 g/mol. The molecule has 2 rings (SSSR count). The molecule has 0 aliphatic carbocycles. The fourth-order valence-electron chi connectivity index (χ4n) is 2.72. The molecule has 2 unspecified atom stereocenters. The van der Waals surface area contributed by atoms with Gasteiger partial charge in [-0.2, -0.15) is 0 Å². The molecule has 0 radical (unpaired) electrons. The molecule has 21 heavy (non-hydrogen) atoms. The van der Waals surface area contributed by atoms with Crippen LogP contribution in [0, 0.1) is 0 Å². The van der Waals surface area contributed by atoms with Crippen LogP contribution in [0.2, 0.25) is 0 Å². The lowest BCUT2D eigenvalue weighted by Gasteiger charge is -2.40. The number of amides is 1. The molecule has 1 saturated heterocycles. The van der Waals surface area contributed by atoms with Crippen LogP contribution in [-0.2, 0) is 0 Å². The number of aromatic hydroxyl groups is 1. The van der Waals surface area contributed by atoms with E-state index in [1.54, 1.807) is 19.2 Å². The number of nitrogens with one attached hydrogen (secondary N) is 1. The first-order valence-corrected chi connectivity index (χ1v) is 7.52. The summed E-state index contributed by atoms with van der Waals surface area (Å²) in [6.07, 6.45) is 1.87. The minimum atomic E-state index is -0.127. The van der Waals surface area contributed by atoms with Crippen molar-refractivity contribution < 1.29 is 14.6 Å². The number of phenols is 1. The summed E-state index contributed by atoms with van der Waals surface area (Å²) in [5, 5.41) is 13.5. The smallest absolute Gasteiger partial charge is 0.258 e. The number of hydrogen-bond donors (Lipinski definition) is 2. The van der Waals surface area contributed by atoms with Crippen molar-refractivity contribution in [2.75, 3.05) is 20.2 Å². The SMILES string of the molecule is CCC1CN(C(=O)c2cc(OC)ccc2O)C(CC)CN1. The highest BCUT2D eigenvalue weighted by molar-refractivity contribution is 5.97. The summed E-state index contributed by atoms with van der Waals surface area (Å²) in [5.41, 5.74) is 0.310. The minimum Gasteiger partial charge on any atom is -0.507 e. The van der Waals surface area contributed by atoms with Gasteiger partial charge >= 0.3 is 0 Å². The number of benzene rings is 1. The maximum Gasteiger partial charge on any atom is 0.258 e. The molecular formula is C16H24N2O3. The maximum absolute atomic E-state index is 12.8. The van der Waals surface area contributed by atoms with Gasteiger partial charge in [0.25, 0.3) is 5.91 Å². The third-order valence-corrected chi connectivity index (χ3v) is 4.16. The van der Waals surface area contributed by atoms with Crippen LogP contribution >= 0.6 is 0 Å². The molecule has 1 heterocycles. The molecule has 1 fully saturated rings. The van der Waals surface area contributed by atoms with Crippen LogP contribution in [0.3, 0.4) is 0 Å². The summed E-state index contributed by atoms with van der Waals surface area (Å²) < 4.78 is 5.15. The molecule has 1 aliphatic heterocycles. The first kappa shape index (κ1) is 15.6. The Kier molecular flexibility index (Phi) is 5.07. The van der Waals surface area contributed by atoms with Gasteiger partial charge in [-0.05, 0) is 31.0 Å². The van der Waals surface area contributed by atoms with Crippen LogP contribution in [0.25, 0.3) is 0 Å². The summed E-state index contributed by atoms with van der Waals surface area (Å²) in [5.74, 6) is 0.451. The van der Waals surface area contributed by atoms with E-state index in [2.05, 4.69) is 19.2 Å². The number of carbonyl (C=O) groups is 1. The third kappa shape index (κ3) is 3.29. The van der Waals surface area contributed by atoms with Crippen molar-refractivity contribution in [1.82, 2.24) is 10.2 Å². The summed E-state index contributed by atoms with van der Waals surface area (Å²) >= 11 is 0. The van der Waals surface area contributed by atoms with Gasteiger partial charge in [-0.3, -0.25) is 4.79 Å². The van der Waals surface area contributed by atoms with Gasteiger partial charge in [-0.15, -0.1) is 0 Å². The zero-order valence-electron chi connectivity index (χ0n) is 12.9. The molecule has 0 aromatic heterocycles. The van der Waals surface area contributed by atoms with E-state index in [9.17, 15) is 9.90 Å². The Bertz CT molecular complexity index is 504. The third-order valence-electron chi connectivity index (χ3n) is 4.16. The normalized spacial score (nSPS) is 22.1. The van der Waals surface area contributed by atoms with Crippen molar-refractivity contribution in [1.29, 1.82) is 0 Å². The molecule has 1 aromatic rings. The minimum absolute atomic E-state index is 0.00207. The lowest BCUT2D eigenvalue weighted by Crippen LogP contribution is -2.57. The van der Waals surface area contributed by atoms with Crippen molar-refractivity contribution in [3.05, 3.63) is 23.8 Å². The predicted molar refractivity (Wildman–Crippen MR) is 81.9 cm³/mol. The number of nitrogens with zero attached hydrogens (tertiary/aromatic N) is 1. The molecule has 0 bridgehead atoms. The summed E-state index contributed by atoms with van der Waals surface area (Å²) in [7, 11) is 1.55. The van der Waals surface area contributed by atoms with Gasteiger partial charge in [-0.25, -0.2) is 0 Å². The summed E-state index contributed by atoms with van der Waals surface area (Å²) in [4.78, 5) is 14.7. The predicted octanol–water partition coefficient (Wildman–Crippen LogP) is 2.00. The van der Waals surface area contributed by atoms with Crippen molar-refractivity contribution in [3.8, 4) is 11.5 Å². The van der Waals surface area contributed by atoms with Gasteiger partial charge in [0.2, 0.25) is 0 Å². The van der Waals surface area contributed by atoms with Crippen LogP contribution in [0.5, 0.6) is 11.5 Å². The molecule has 5 nitrogen and oxygen atoms in total. The van der Waals surface area contributed by atoms with Crippen LogP contribution in [0.15, 0.2) is 18.2 Å². The Morgan fingerprint density at radius 3 is 2.81 bits per heavy atom. The van der Waals surface area contributed by atoms with Crippen LogP contribution in [0.1, 0.15) is 37.0 Å². The zero-order chi connectivity index (χ0) is 15.4. The average molecular weight is 292 g/mol. The van der Waals surface area contributed by atoms with Gasteiger partial charge in [0, 0.05) is 25.2 Å². The summed E-state index contributed by atoms with van der Waals surface area (Å²) in [6, 6.07) is 5.23. The fraction of sp³-hybridized carbons (Fsp3) is 0.562. The number of rotatable bonds is 4. The van der Waals surface area contributed by atoms with Crippen molar-refractivity contribution in [2.45, 2.75) is 38.8 Å². The first-order chi connectivity index (χ1) is 10.1. The van der Waals surface area contributed by atoms with Crippen molar-refractivity contribution >= 4 is 5.91 Å². The molecular weight excluding hydrogens is 268 g/mol. The topological polar surface area (TPSA) is 61.8 Å². The Morgan fingerprint density at radius 1 is 1.43 bits per heavy atom. The fourth-order valence-corrected chi connectivity index (χ4v) is 2.72. The molecule has 2 atom stereocenters. The molecule has 0 saturated carbocycles. The second-order valence-corrected chi connectivity index (χ2v) is 5.42. The van der Waals surface area contributed by atoms with Gasteiger partial charge in [0.15, 0.2) is 0 Å². The van der Waals surface area contributed by atoms with Crippen molar-refractivity contribution in [2.24, 2.45) is 0 Å². The van der Waals surface area contributed by atoms with E-state index in [1.165, 1.54) is 6.07 Å². The first-order valence-electron chi connectivity index (χ1n) is 7.52. The quantitative estimate of drug-likeness (QED) is 0.891. The molecule has 1 amide bonds. The summed E-state index contributed by atoms with van der Waals surface area (Å²) in [6.45, 7) is 5.65. The molecule has 1 aliphatic rings. The number of hydrogen-bond acceptors (Lipinski definition) is 4. The number of piperazine rings is 1. The largest absolute Gasteiger partial charge is 0.507 e. The molecule has 0 spiro atoms. The lowest BCUT2D eigenvalue weighted by atomic mass is 10.0. The highest BCUT2D eigenvalue weighted by Gasteiger charge is 2.31. The maximum atomic E-state index is 12.8. The number of ether oxygens (including phenoxy) is 1. The van der Waals surface area contributed by atoms with E-state index >= 15 is 0 Å². The highest BCUT2D eigenvalue weighted by atomic mass is 16.5. The Hall–Kier alpha value is -1.75. The van der Waals surface area contributed by atoms with E-state index in [1.807, 2.05) is 4.90 Å². The second-order valence-electron chi connectivity index (χ2n) is 5.42. The number of phenolic OH excluding ortho intramolecular Hbond substituents is 1. The van der Waals surface area contributed by atoms with Gasteiger partial charge in [-0.1, -0.05) is 13.8 Å². The second kappa shape index (κ2) is 6.80. The molecule has 1 aromatic carbocycles. The Morgan fingerprint density at radius 2 is 2.19 bits per heavy atom. The van der Waals surface area contributed by atoms with Crippen molar-refractivity contribution in [3.63, 3.8) is 0 Å². The Labute approximate surface area is 125 Å². The molecule has 5 heteroatoms. The van der Waals surface area contributed by atoms with Crippen LogP contribution in [-0.4, -0.2) is 48.2 Å². The van der Waals surface area contributed by atoms with E-state index < -0.39 is 0 Å². The zero-order valence-corrected chi connectivity index (χ0v) is 12.9. The molecule has 2 N–H and O–H groups in total. The van der Waals surface area contributed by atoms with Crippen LogP contribution in [0.4, 0.5) is 0 Å². The Balaban J connectivity index is 2.27. The van der Waals surface area contributed by atoms with E-state index in [0.29, 0.717) is 23.9 Å². The van der Waals surface area contributed by atoms with Gasteiger partial charge < -0.3 is 20.1 Å². The standard InChI is InChI=1S/C16H24N2O3/c1-4-11-10-18(12(5-2)9-17-11)16(20)14-8-13(21-3)6-7-15(14)19/h6-8,11-12,17,19H,4-5,9-10H2,1-3H3. The highest BCUT2D eigenvalue weighted by Crippen LogP contribution is 2.26. The van der Waals surface area contributed by atoms with E-state index in [-0.39, 0.29) is 17.7 Å². The average Bonchev–Trinajstić information content (AvgIpc) is 2.54. The van der Waals surface area contributed by atoms with E-state index in [4.69, 9.17) is 4.74 Å². The van der Waals surface area contributed by atoms with Crippen LogP contribution < -0.4 is 10.1 Å². The lowest BCUT2D eigenvalue weighted by molar-refractivity contribution is 0.0572. The number of methoxy groups -OCH3 is 1. The van der Waals surface area contributed by atoms with Gasteiger partial charge in [0.05, 0.1) is 12.7 Å².